The molecule has 0 aromatic heterocycles. The molecule has 1 aliphatic heterocycles. The van der Waals surface area contributed by atoms with Gasteiger partial charge in [0.25, 0.3) is 6.43 Å². The van der Waals surface area contributed by atoms with Crippen LogP contribution in [0, 0.1) is 0 Å². The topological polar surface area (TPSA) is 6.48 Å². The fraction of sp³-hybridized carbons (Fsp3) is 1.00. The Balaban J connectivity index is 2.44. The second-order valence-electron chi connectivity index (χ2n) is 5.56. The summed E-state index contributed by atoms with van der Waals surface area (Å²) in [6.07, 6.45) is -0.163. The zero-order valence-corrected chi connectivity index (χ0v) is 11.5. The van der Waals surface area contributed by atoms with Gasteiger partial charge in [-0.25, -0.2) is 8.78 Å². The van der Waals surface area contributed by atoms with Crippen molar-refractivity contribution in [2.45, 2.75) is 65.1 Å². The highest BCUT2D eigenvalue weighted by atomic mass is 19.3. The molecular formula is C13H26F2N2. The monoisotopic (exact) mass is 248 g/mol. The summed E-state index contributed by atoms with van der Waals surface area (Å²) in [7, 11) is 0. The molecule has 1 fully saturated rings. The first kappa shape index (κ1) is 14.8. The number of hydrogen-bond acceptors (Lipinski definition) is 2. The molecule has 0 aromatic carbocycles. The number of likely N-dealkylation sites (tertiary alicyclic amines) is 1. The van der Waals surface area contributed by atoms with Gasteiger partial charge in [-0.3, -0.25) is 9.80 Å². The van der Waals surface area contributed by atoms with Crippen molar-refractivity contribution in [1.29, 1.82) is 0 Å². The predicted octanol–water partition coefficient (Wildman–Crippen LogP) is 2.83. The Morgan fingerprint density at radius 1 is 1.06 bits per heavy atom. The summed E-state index contributed by atoms with van der Waals surface area (Å²) >= 11 is 0. The summed E-state index contributed by atoms with van der Waals surface area (Å²) in [5, 5.41) is 0. The zero-order valence-electron chi connectivity index (χ0n) is 11.5. The van der Waals surface area contributed by atoms with Gasteiger partial charge in [-0.1, -0.05) is 0 Å². The van der Waals surface area contributed by atoms with E-state index in [0.29, 0.717) is 18.1 Å². The number of piperidine rings is 1. The lowest BCUT2D eigenvalue weighted by molar-refractivity contribution is 0.0324. The number of rotatable bonds is 5. The third-order valence-corrected chi connectivity index (χ3v) is 3.57. The van der Waals surface area contributed by atoms with Crippen LogP contribution in [0.25, 0.3) is 0 Å². The Kier molecular flexibility index (Phi) is 5.80. The van der Waals surface area contributed by atoms with E-state index in [-0.39, 0.29) is 6.54 Å². The molecule has 0 bridgehead atoms. The predicted molar refractivity (Wildman–Crippen MR) is 67.6 cm³/mol. The summed E-state index contributed by atoms with van der Waals surface area (Å²) in [6, 6.07) is 1.62. The van der Waals surface area contributed by atoms with Gasteiger partial charge < -0.3 is 0 Å². The molecule has 102 valence electrons. The van der Waals surface area contributed by atoms with Crippen molar-refractivity contribution in [1.82, 2.24) is 9.80 Å². The van der Waals surface area contributed by atoms with E-state index in [1.54, 1.807) is 0 Å². The van der Waals surface area contributed by atoms with Crippen LogP contribution in [0.5, 0.6) is 0 Å². The number of hydrogen-bond donors (Lipinski definition) is 0. The van der Waals surface area contributed by atoms with E-state index in [1.165, 1.54) is 0 Å². The summed E-state index contributed by atoms with van der Waals surface area (Å²) in [5.74, 6) is 0. The Bertz CT molecular complexity index is 203. The molecule has 1 aliphatic rings. The normalized spacial score (nSPS) is 20.1. The Labute approximate surface area is 104 Å². The van der Waals surface area contributed by atoms with Gasteiger partial charge in [0.1, 0.15) is 0 Å². The van der Waals surface area contributed by atoms with Gasteiger partial charge in [0.05, 0.1) is 6.54 Å². The Morgan fingerprint density at radius 3 is 1.88 bits per heavy atom. The van der Waals surface area contributed by atoms with E-state index in [4.69, 9.17) is 0 Å². The number of nitrogens with zero attached hydrogens (tertiary/aromatic N) is 2. The van der Waals surface area contributed by atoms with Crippen LogP contribution < -0.4 is 0 Å². The second kappa shape index (κ2) is 6.64. The molecule has 0 aromatic rings. The van der Waals surface area contributed by atoms with Gasteiger partial charge in [0, 0.05) is 18.1 Å². The fourth-order valence-electron chi connectivity index (χ4n) is 3.03. The molecule has 0 unspecified atom stereocenters. The van der Waals surface area contributed by atoms with Gasteiger partial charge >= 0.3 is 0 Å². The van der Waals surface area contributed by atoms with Crippen LogP contribution >= 0.6 is 0 Å². The fourth-order valence-corrected chi connectivity index (χ4v) is 3.03. The van der Waals surface area contributed by atoms with Gasteiger partial charge in [0.15, 0.2) is 0 Å². The lowest BCUT2D eigenvalue weighted by Crippen LogP contribution is -2.50. The van der Waals surface area contributed by atoms with Crippen LogP contribution in [0.3, 0.4) is 0 Å². The van der Waals surface area contributed by atoms with Crippen molar-refractivity contribution in [3.05, 3.63) is 0 Å². The van der Waals surface area contributed by atoms with Crippen molar-refractivity contribution >= 4 is 0 Å². The van der Waals surface area contributed by atoms with Crippen molar-refractivity contribution in [3.63, 3.8) is 0 Å². The largest absolute Gasteiger partial charge is 0.298 e. The summed E-state index contributed by atoms with van der Waals surface area (Å²) < 4.78 is 24.6. The molecule has 0 aliphatic carbocycles. The van der Waals surface area contributed by atoms with Crippen molar-refractivity contribution in [2.24, 2.45) is 0 Å². The quantitative estimate of drug-likeness (QED) is 0.738. The average Bonchev–Trinajstić information content (AvgIpc) is 2.18. The lowest BCUT2D eigenvalue weighted by atomic mass is 10.00. The zero-order chi connectivity index (χ0) is 13.0. The molecule has 1 saturated heterocycles. The van der Waals surface area contributed by atoms with Crippen LogP contribution in [-0.4, -0.2) is 54.0 Å². The van der Waals surface area contributed by atoms with Crippen LogP contribution in [0.1, 0.15) is 40.5 Å². The molecule has 0 amide bonds. The number of alkyl halides is 2. The standard InChI is InChI=1S/C13H26F2N2/c1-10(2)17(11(3)4)12-5-7-16(8-6-12)9-13(14)15/h10-13H,5-9H2,1-4H3. The molecule has 4 heteroatoms. The van der Waals surface area contributed by atoms with E-state index in [2.05, 4.69) is 32.6 Å². The first-order valence-electron chi connectivity index (χ1n) is 6.69. The molecule has 0 saturated carbocycles. The van der Waals surface area contributed by atoms with E-state index in [9.17, 15) is 8.78 Å². The molecule has 0 radical (unpaired) electrons. The smallest absolute Gasteiger partial charge is 0.251 e. The Hall–Kier alpha value is -0.220. The third kappa shape index (κ3) is 4.51. The summed E-state index contributed by atoms with van der Waals surface area (Å²) in [4.78, 5) is 4.40. The van der Waals surface area contributed by atoms with Gasteiger partial charge in [-0.15, -0.1) is 0 Å². The van der Waals surface area contributed by atoms with Gasteiger partial charge in [-0.2, -0.15) is 0 Å². The lowest BCUT2D eigenvalue weighted by Gasteiger charge is -2.42. The van der Waals surface area contributed by atoms with E-state index in [1.807, 2.05) is 4.90 Å². The highest BCUT2D eigenvalue weighted by Crippen LogP contribution is 2.21. The molecule has 17 heavy (non-hydrogen) atoms. The highest BCUT2D eigenvalue weighted by Gasteiger charge is 2.28. The minimum atomic E-state index is -2.20. The van der Waals surface area contributed by atoms with Crippen molar-refractivity contribution in [2.75, 3.05) is 19.6 Å². The van der Waals surface area contributed by atoms with Gasteiger partial charge in [0.2, 0.25) is 0 Å². The maximum atomic E-state index is 12.3. The molecule has 0 atom stereocenters. The molecule has 2 nitrogen and oxygen atoms in total. The second-order valence-corrected chi connectivity index (χ2v) is 5.56. The molecule has 1 heterocycles. The van der Waals surface area contributed by atoms with E-state index < -0.39 is 6.43 Å². The van der Waals surface area contributed by atoms with Crippen molar-refractivity contribution < 1.29 is 8.78 Å². The van der Waals surface area contributed by atoms with Gasteiger partial charge in [-0.05, 0) is 53.6 Å². The SMILES string of the molecule is CC(C)N(C(C)C)C1CCN(CC(F)F)CC1. The minimum Gasteiger partial charge on any atom is -0.298 e. The molecule has 1 rings (SSSR count). The van der Waals surface area contributed by atoms with E-state index in [0.717, 1.165) is 25.9 Å². The number of halogens is 2. The molecule has 0 spiro atoms. The molecule has 0 N–H and O–H groups in total. The summed E-state index contributed by atoms with van der Waals surface area (Å²) in [5.41, 5.74) is 0. The average molecular weight is 248 g/mol. The third-order valence-electron chi connectivity index (χ3n) is 3.57. The van der Waals surface area contributed by atoms with E-state index >= 15 is 0 Å². The highest BCUT2D eigenvalue weighted by molar-refractivity contribution is 4.83. The molecular weight excluding hydrogens is 222 g/mol. The minimum absolute atomic E-state index is 0.0594. The Morgan fingerprint density at radius 2 is 1.53 bits per heavy atom. The van der Waals surface area contributed by atoms with Crippen LogP contribution in [0.15, 0.2) is 0 Å². The van der Waals surface area contributed by atoms with Crippen LogP contribution in [0.2, 0.25) is 0 Å². The maximum absolute atomic E-state index is 12.3. The van der Waals surface area contributed by atoms with Crippen LogP contribution in [-0.2, 0) is 0 Å². The van der Waals surface area contributed by atoms with Crippen LogP contribution in [0.4, 0.5) is 8.78 Å². The summed E-state index contributed by atoms with van der Waals surface area (Å²) in [6.45, 7) is 10.4. The van der Waals surface area contributed by atoms with Crippen molar-refractivity contribution in [3.8, 4) is 0 Å². The first-order valence-corrected chi connectivity index (χ1v) is 6.69. The maximum Gasteiger partial charge on any atom is 0.251 e. The first-order chi connectivity index (χ1) is 7.91.